The highest BCUT2D eigenvalue weighted by Gasteiger charge is 2.51. The molecule has 2 saturated heterocycles. The zero-order chi connectivity index (χ0) is 47.4. The minimum Gasteiger partial charge on any atom is -0.507 e. The quantitative estimate of drug-likeness (QED) is 0.0885. The first-order valence-corrected chi connectivity index (χ1v) is 19.6. The molecule has 22 nitrogen and oxygen atoms in total. The number of nitrogens with one attached hydrogen (secondary N) is 1. The van der Waals surface area contributed by atoms with Crippen LogP contribution in [0, 0.1) is 6.92 Å². The molecule has 3 aromatic carbocycles. The van der Waals surface area contributed by atoms with E-state index in [0.29, 0.717) is 0 Å². The van der Waals surface area contributed by atoms with E-state index in [4.69, 9.17) is 23.7 Å². The van der Waals surface area contributed by atoms with E-state index in [1.54, 1.807) is 14.1 Å². The molecule has 0 saturated carbocycles. The fraction of sp³-hybridized carbons (Fsp3) is 0.452. The van der Waals surface area contributed by atoms with Gasteiger partial charge in [-0.1, -0.05) is 6.07 Å². The molecule has 2 aliphatic carbocycles. The van der Waals surface area contributed by atoms with Crippen molar-refractivity contribution >= 4 is 29.9 Å². The Labute approximate surface area is 363 Å². The second kappa shape index (κ2) is 18.4. The molecule has 64 heavy (non-hydrogen) atoms. The van der Waals surface area contributed by atoms with Crippen molar-refractivity contribution < 1.29 is 98.7 Å². The minimum atomic E-state index is -1.96. The summed E-state index contributed by atoms with van der Waals surface area (Å²) in [6.45, 7) is 3.43. The summed E-state index contributed by atoms with van der Waals surface area (Å²) in [5.74, 6) is -6.80. The van der Waals surface area contributed by atoms with Crippen LogP contribution in [-0.4, -0.2) is 175 Å². The van der Waals surface area contributed by atoms with Crippen molar-refractivity contribution in [3.8, 4) is 34.1 Å². The predicted molar refractivity (Wildman–Crippen MR) is 214 cm³/mol. The first-order valence-electron chi connectivity index (χ1n) is 19.6. The Balaban J connectivity index is 0.00000129. The molecule has 3 aromatic rings. The maximum absolute atomic E-state index is 14.0. The summed E-state index contributed by atoms with van der Waals surface area (Å²) in [7, 11) is 4.63. The maximum atomic E-state index is 14.0. The van der Waals surface area contributed by atoms with Crippen LogP contribution in [0.25, 0.3) is 11.1 Å². The van der Waals surface area contributed by atoms with Gasteiger partial charge < -0.3 is 85.0 Å². The predicted octanol–water partition coefficient (Wildman–Crippen LogP) is -1.13. The van der Waals surface area contributed by atoms with Crippen molar-refractivity contribution in [2.75, 3.05) is 27.8 Å². The van der Waals surface area contributed by atoms with Gasteiger partial charge in [0.25, 0.3) is 5.91 Å². The minimum absolute atomic E-state index is 0.0000755. The summed E-state index contributed by atoms with van der Waals surface area (Å²) in [5, 5.41) is 111. The van der Waals surface area contributed by atoms with Gasteiger partial charge in [0.2, 0.25) is 6.41 Å². The number of rotatable bonds is 9. The SMILES string of the molecule is CN(C)C=O.COc1cc(O)c2c(c1)C(=O)c1c(cc3c(c1O)-c1c(cc(C)c(C(=O)N[C@H](C)C(=O)O)c1O)[C@H](O[C@@H]1O[C@H](C)[C@H](O)[C@H](O[C@@H]4OC[C@@H](O)[C@H](O)[C@H]4O)[C@H]1O)[C@H]3O)C2=O. The third-order valence-corrected chi connectivity index (χ3v) is 11.3. The average molecular weight is 901 g/mol. The Morgan fingerprint density at radius 1 is 0.828 bits per heavy atom. The average Bonchev–Trinajstić information content (AvgIpc) is 3.24. The van der Waals surface area contributed by atoms with E-state index < -0.39 is 154 Å². The fourth-order valence-electron chi connectivity index (χ4n) is 7.88. The highest BCUT2D eigenvalue weighted by atomic mass is 16.7. The first-order chi connectivity index (χ1) is 30.0. The van der Waals surface area contributed by atoms with Crippen molar-refractivity contribution in [3.63, 3.8) is 0 Å². The number of carbonyl (C=O) groups excluding carboxylic acids is 4. The van der Waals surface area contributed by atoms with Gasteiger partial charge >= 0.3 is 5.97 Å². The number of methoxy groups -OCH3 is 1. The van der Waals surface area contributed by atoms with Gasteiger partial charge in [0, 0.05) is 42.4 Å². The highest BCUT2D eigenvalue weighted by Crippen LogP contribution is 2.57. The van der Waals surface area contributed by atoms with E-state index in [-0.39, 0.29) is 28.0 Å². The van der Waals surface area contributed by atoms with Gasteiger partial charge in [0.15, 0.2) is 24.1 Å². The summed E-state index contributed by atoms with van der Waals surface area (Å²) in [5.41, 5.74) is -3.66. The summed E-state index contributed by atoms with van der Waals surface area (Å²) in [6, 6.07) is 3.12. The molecule has 4 aliphatic rings. The number of carboxylic acids is 1. The molecule has 0 spiro atoms. The number of ketones is 2. The number of fused-ring (bicyclic) bond motifs is 5. The number of carbonyl (C=O) groups is 5. The van der Waals surface area contributed by atoms with Crippen LogP contribution in [0.15, 0.2) is 24.3 Å². The molecule has 22 heteroatoms. The number of aliphatic carboxylic acids is 1. The van der Waals surface area contributed by atoms with Gasteiger partial charge in [-0.15, -0.1) is 0 Å². The molecule has 0 aromatic heterocycles. The van der Waals surface area contributed by atoms with Crippen molar-refractivity contribution in [1.82, 2.24) is 10.2 Å². The number of amides is 2. The van der Waals surface area contributed by atoms with E-state index in [1.807, 2.05) is 0 Å². The lowest BCUT2D eigenvalue weighted by molar-refractivity contribution is -0.353. The normalized spacial score (nSPS) is 28.5. The van der Waals surface area contributed by atoms with Crippen molar-refractivity contribution in [1.29, 1.82) is 0 Å². The summed E-state index contributed by atoms with van der Waals surface area (Å²) in [6.07, 6.45) is -17.8. The van der Waals surface area contributed by atoms with E-state index in [9.17, 15) is 75.0 Å². The molecule has 0 bridgehead atoms. The van der Waals surface area contributed by atoms with E-state index in [1.165, 1.54) is 44.9 Å². The number of aliphatic hydroxyl groups excluding tert-OH is 6. The number of carboxylic acid groups (broad SMARTS) is 1. The number of ether oxygens (including phenoxy) is 5. The Morgan fingerprint density at radius 3 is 2.05 bits per heavy atom. The van der Waals surface area contributed by atoms with Crippen LogP contribution in [0.5, 0.6) is 23.0 Å². The summed E-state index contributed by atoms with van der Waals surface area (Å²) in [4.78, 5) is 64.0. The molecule has 2 heterocycles. The Hall–Kier alpha value is -5.79. The van der Waals surface area contributed by atoms with Crippen LogP contribution in [0.3, 0.4) is 0 Å². The highest BCUT2D eigenvalue weighted by molar-refractivity contribution is 6.31. The number of hydrogen-bond donors (Lipinski definition) is 11. The van der Waals surface area contributed by atoms with Crippen LogP contribution < -0.4 is 10.1 Å². The van der Waals surface area contributed by atoms with Crippen LogP contribution >= 0.6 is 0 Å². The molecule has 7 rings (SSSR count). The number of nitrogens with zero attached hydrogens (tertiary/aromatic N) is 1. The number of benzene rings is 3. The molecule has 11 N–H and O–H groups in total. The van der Waals surface area contributed by atoms with E-state index >= 15 is 0 Å². The molecule has 2 amide bonds. The van der Waals surface area contributed by atoms with Crippen LogP contribution in [-0.2, 0) is 28.5 Å². The summed E-state index contributed by atoms with van der Waals surface area (Å²) < 4.78 is 28.1. The standard InChI is InChI=1S/C39H41NO19.C3H7NO/c1-10-5-17-23(30(48)20(10)36(52)40-11(2)37(53)54)22-15(8-16-24(31(22)49)27(45)14-6-13(55-4)7-18(41)21(14)26(16)44)28(46)34(17)58-39-33(51)35(25(43)12(3)57-39)59-38-32(50)29(47)19(42)9-56-38;1-4(2)3-5/h5-8,11-12,19,25,28-29,32-35,38-39,41-43,46-51H,9H2,1-4H3,(H,40,52)(H,53,54);3H,1-2H3/t11-,12-,19-,25+,28+,29+,32-,33-,34+,35+,38+,39+;/m1./s1. The number of aromatic hydroxyl groups is 3. The van der Waals surface area contributed by atoms with Gasteiger partial charge in [0.1, 0.15) is 77.9 Å². The molecular formula is C42H48N2O20. The Morgan fingerprint density at radius 2 is 1.44 bits per heavy atom. The maximum Gasteiger partial charge on any atom is 0.325 e. The Kier molecular flexibility index (Phi) is 13.7. The second-order valence-corrected chi connectivity index (χ2v) is 15.9. The lowest BCUT2D eigenvalue weighted by atomic mass is 9.74. The third kappa shape index (κ3) is 8.35. The fourth-order valence-corrected chi connectivity index (χ4v) is 7.88. The van der Waals surface area contributed by atoms with E-state index in [0.717, 1.165) is 18.5 Å². The first kappa shape index (κ1) is 47.7. The van der Waals surface area contributed by atoms with Gasteiger partial charge in [-0.25, -0.2) is 0 Å². The van der Waals surface area contributed by atoms with Crippen LogP contribution in [0.2, 0.25) is 0 Å². The van der Waals surface area contributed by atoms with Crippen molar-refractivity contribution in [2.45, 2.75) is 94.3 Å². The molecule has 0 radical (unpaired) electrons. The molecular weight excluding hydrogens is 852 g/mol. The summed E-state index contributed by atoms with van der Waals surface area (Å²) >= 11 is 0. The number of phenolic OH excluding ortho intramolecular Hbond substituents is 3. The Bertz CT molecular complexity index is 2370. The van der Waals surface area contributed by atoms with Crippen molar-refractivity contribution in [2.24, 2.45) is 0 Å². The van der Waals surface area contributed by atoms with E-state index in [2.05, 4.69) is 5.32 Å². The zero-order valence-corrected chi connectivity index (χ0v) is 35.0. The third-order valence-electron chi connectivity index (χ3n) is 11.3. The van der Waals surface area contributed by atoms with Crippen LogP contribution in [0.4, 0.5) is 0 Å². The topological polar surface area (TPSA) is 349 Å². The lowest BCUT2D eigenvalue weighted by Gasteiger charge is -2.45. The number of aryl methyl sites for hydroxylation is 1. The molecule has 2 aliphatic heterocycles. The van der Waals surface area contributed by atoms with Crippen LogP contribution in [0.1, 0.15) is 84.9 Å². The molecule has 12 atom stereocenters. The number of phenols is 3. The second-order valence-electron chi connectivity index (χ2n) is 15.9. The number of aliphatic hydroxyl groups is 6. The smallest absolute Gasteiger partial charge is 0.325 e. The monoisotopic (exact) mass is 900 g/mol. The van der Waals surface area contributed by atoms with Gasteiger partial charge in [-0.3, -0.25) is 24.0 Å². The molecule has 2 fully saturated rings. The van der Waals surface area contributed by atoms with Gasteiger partial charge in [0.05, 0.1) is 36.5 Å². The largest absolute Gasteiger partial charge is 0.507 e. The molecule has 0 unspecified atom stereocenters. The van der Waals surface area contributed by atoms with Gasteiger partial charge in [-0.2, -0.15) is 0 Å². The zero-order valence-electron chi connectivity index (χ0n) is 35.0. The van der Waals surface area contributed by atoms with Crippen molar-refractivity contribution in [3.05, 3.63) is 68.8 Å². The lowest BCUT2D eigenvalue weighted by Crippen LogP contribution is -2.62. The number of hydrogen-bond acceptors (Lipinski definition) is 19. The molecule has 346 valence electrons. The van der Waals surface area contributed by atoms with Gasteiger partial charge in [-0.05, 0) is 49.6 Å².